The molecule has 1 aromatic heterocycles. The van der Waals surface area contributed by atoms with Crippen molar-refractivity contribution in [3.05, 3.63) is 65.2 Å². The lowest BCUT2D eigenvalue weighted by Gasteiger charge is -2.26. The van der Waals surface area contributed by atoms with Crippen molar-refractivity contribution in [2.24, 2.45) is 0 Å². The van der Waals surface area contributed by atoms with E-state index < -0.39 is 6.29 Å². The predicted octanol–water partition coefficient (Wildman–Crippen LogP) is 4.01. The molecule has 2 heterocycles. The SMILES string of the molecule is COC(COc1ccc(N2CCc3nc(-c4ccccc4)sc3C2=O)cc1)OC. The van der Waals surface area contributed by atoms with Crippen LogP contribution in [0.4, 0.5) is 5.69 Å². The fraction of sp³-hybridized carbons (Fsp3) is 0.273. The van der Waals surface area contributed by atoms with Crippen molar-refractivity contribution in [3.63, 3.8) is 0 Å². The zero-order chi connectivity index (χ0) is 20.2. The van der Waals surface area contributed by atoms with Gasteiger partial charge in [0.15, 0.2) is 6.29 Å². The van der Waals surface area contributed by atoms with E-state index in [0.717, 1.165) is 33.3 Å². The largest absolute Gasteiger partial charge is 0.488 e. The Balaban J connectivity index is 1.48. The van der Waals surface area contributed by atoms with Crippen molar-refractivity contribution in [2.75, 3.05) is 32.3 Å². The summed E-state index contributed by atoms with van der Waals surface area (Å²) >= 11 is 1.46. The minimum atomic E-state index is -0.415. The zero-order valence-corrected chi connectivity index (χ0v) is 17.1. The summed E-state index contributed by atoms with van der Waals surface area (Å²) in [5.41, 5.74) is 2.77. The number of carbonyl (C=O) groups is 1. The highest BCUT2D eigenvalue weighted by atomic mass is 32.1. The average Bonchev–Trinajstić information content (AvgIpc) is 3.21. The summed E-state index contributed by atoms with van der Waals surface area (Å²) < 4.78 is 15.9. The van der Waals surface area contributed by atoms with Crippen LogP contribution in [0, 0.1) is 0 Å². The van der Waals surface area contributed by atoms with E-state index in [4.69, 9.17) is 19.2 Å². The van der Waals surface area contributed by atoms with E-state index in [1.54, 1.807) is 19.1 Å². The quantitative estimate of drug-likeness (QED) is 0.551. The van der Waals surface area contributed by atoms with Gasteiger partial charge in [0.05, 0.1) is 5.69 Å². The molecule has 7 heteroatoms. The first-order valence-electron chi connectivity index (χ1n) is 9.35. The van der Waals surface area contributed by atoms with Crippen LogP contribution < -0.4 is 9.64 Å². The summed E-state index contributed by atoms with van der Waals surface area (Å²) in [5, 5.41) is 0.889. The van der Waals surface area contributed by atoms with Crippen LogP contribution in [0.2, 0.25) is 0 Å². The van der Waals surface area contributed by atoms with Gasteiger partial charge in [0.1, 0.15) is 22.2 Å². The minimum Gasteiger partial charge on any atom is -0.488 e. The summed E-state index contributed by atoms with van der Waals surface area (Å²) in [5.74, 6) is 0.695. The number of methoxy groups -OCH3 is 2. The van der Waals surface area contributed by atoms with E-state index in [-0.39, 0.29) is 5.91 Å². The van der Waals surface area contributed by atoms with E-state index in [1.807, 2.05) is 54.6 Å². The molecule has 0 fully saturated rings. The molecule has 2 aromatic carbocycles. The molecule has 0 saturated carbocycles. The standard InChI is InChI=1S/C22H22N2O4S/c1-26-19(27-2)14-28-17-10-8-16(9-11-17)24-13-12-18-20(22(24)25)29-21(23-18)15-6-4-3-5-7-15/h3-11,19H,12-14H2,1-2H3. The highest BCUT2D eigenvalue weighted by molar-refractivity contribution is 7.17. The van der Waals surface area contributed by atoms with Crippen LogP contribution in [0.1, 0.15) is 15.4 Å². The molecule has 150 valence electrons. The molecule has 3 aromatic rings. The number of carbonyl (C=O) groups excluding carboxylic acids is 1. The molecule has 29 heavy (non-hydrogen) atoms. The van der Waals surface area contributed by atoms with E-state index in [1.165, 1.54) is 11.3 Å². The molecule has 1 amide bonds. The van der Waals surface area contributed by atoms with Crippen molar-refractivity contribution in [1.29, 1.82) is 0 Å². The van der Waals surface area contributed by atoms with Crippen LogP contribution in [0.15, 0.2) is 54.6 Å². The number of ether oxygens (including phenoxy) is 3. The number of fused-ring (bicyclic) bond motifs is 1. The van der Waals surface area contributed by atoms with E-state index in [2.05, 4.69) is 0 Å². The Kier molecular flexibility index (Phi) is 5.89. The summed E-state index contributed by atoms with van der Waals surface area (Å²) in [7, 11) is 3.14. The van der Waals surface area contributed by atoms with Gasteiger partial charge in [-0.25, -0.2) is 4.98 Å². The summed E-state index contributed by atoms with van der Waals surface area (Å²) in [4.78, 5) is 20.3. The van der Waals surface area contributed by atoms with Crippen LogP contribution in [0.3, 0.4) is 0 Å². The van der Waals surface area contributed by atoms with Crippen LogP contribution >= 0.6 is 11.3 Å². The fourth-order valence-corrected chi connectivity index (χ4v) is 4.27. The zero-order valence-electron chi connectivity index (χ0n) is 16.3. The van der Waals surface area contributed by atoms with Crippen molar-refractivity contribution in [2.45, 2.75) is 12.7 Å². The number of thiazole rings is 1. The molecule has 6 nitrogen and oxygen atoms in total. The molecule has 0 aliphatic carbocycles. The minimum absolute atomic E-state index is 0.00145. The first-order chi connectivity index (χ1) is 14.2. The monoisotopic (exact) mass is 410 g/mol. The van der Waals surface area contributed by atoms with Crippen molar-refractivity contribution in [3.8, 4) is 16.3 Å². The lowest BCUT2D eigenvalue weighted by molar-refractivity contribution is -0.121. The molecular formula is C22H22N2O4S. The molecule has 1 aliphatic rings. The average molecular weight is 410 g/mol. The Morgan fingerprint density at radius 3 is 2.48 bits per heavy atom. The summed E-state index contributed by atoms with van der Waals surface area (Å²) in [6.07, 6.45) is 0.327. The normalized spacial score (nSPS) is 13.6. The lowest BCUT2D eigenvalue weighted by atomic mass is 10.1. The van der Waals surface area contributed by atoms with E-state index in [9.17, 15) is 4.79 Å². The molecule has 0 bridgehead atoms. The molecule has 0 unspecified atom stereocenters. The molecule has 0 N–H and O–H groups in total. The molecule has 4 rings (SSSR count). The molecule has 0 radical (unpaired) electrons. The van der Waals surface area contributed by atoms with Crippen molar-refractivity contribution >= 4 is 22.9 Å². The first kappa shape index (κ1) is 19.6. The highest BCUT2D eigenvalue weighted by Crippen LogP contribution is 2.33. The van der Waals surface area contributed by atoms with E-state index in [0.29, 0.717) is 18.9 Å². The van der Waals surface area contributed by atoms with E-state index >= 15 is 0 Å². The van der Waals surface area contributed by atoms with Gasteiger partial charge in [0.2, 0.25) is 0 Å². The van der Waals surface area contributed by atoms with Gasteiger partial charge in [0, 0.05) is 38.4 Å². The van der Waals surface area contributed by atoms with Crippen molar-refractivity contribution < 1.29 is 19.0 Å². The fourth-order valence-electron chi connectivity index (χ4n) is 3.20. The van der Waals surface area contributed by atoms with Gasteiger partial charge in [-0.2, -0.15) is 0 Å². The second kappa shape index (κ2) is 8.73. The molecular weight excluding hydrogens is 388 g/mol. The molecule has 1 aliphatic heterocycles. The number of rotatable bonds is 7. The second-order valence-electron chi connectivity index (χ2n) is 6.57. The Hall–Kier alpha value is -2.74. The number of hydrogen-bond donors (Lipinski definition) is 0. The maximum atomic E-state index is 13.1. The second-order valence-corrected chi connectivity index (χ2v) is 7.57. The number of hydrogen-bond acceptors (Lipinski definition) is 6. The van der Waals surface area contributed by atoms with Gasteiger partial charge in [0.25, 0.3) is 5.91 Å². The maximum Gasteiger partial charge on any atom is 0.270 e. The van der Waals surface area contributed by atoms with Gasteiger partial charge in [-0.15, -0.1) is 11.3 Å². The predicted molar refractivity (Wildman–Crippen MR) is 113 cm³/mol. The van der Waals surface area contributed by atoms with Crippen molar-refractivity contribution in [1.82, 2.24) is 4.98 Å². The van der Waals surface area contributed by atoms with Crippen LogP contribution in [-0.2, 0) is 15.9 Å². The van der Waals surface area contributed by atoms with Gasteiger partial charge < -0.3 is 19.1 Å². The van der Waals surface area contributed by atoms with Gasteiger partial charge in [-0.1, -0.05) is 30.3 Å². The molecule has 0 atom stereocenters. The van der Waals surface area contributed by atoms with Crippen LogP contribution in [0.25, 0.3) is 10.6 Å². The Morgan fingerprint density at radius 2 is 1.79 bits per heavy atom. The molecule has 0 spiro atoms. The van der Waals surface area contributed by atoms with Crippen LogP contribution in [-0.4, -0.2) is 44.6 Å². The third kappa shape index (κ3) is 4.17. The molecule has 0 saturated heterocycles. The topological polar surface area (TPSA) is 60.9 Å². The van der Waals surface area contributed by atoms with Gasteiger partial charge >= 0.3 is 0 Å². The highest BCUT2D eigenvalue weighted by Gasteiger charge is 2.29. The number of aromatic nitrogens is 1. The summed E-state index contributed by atoms with van der Waals surface area (Å²) in [6, 6.07) is 17.5. The number of anilines is 1. The van der Waals surface area contributed by atoms with Gasteiger partial charge in [-0.3, -0.25) is 4.79 Å². The number of benzene rings is 2. The lowest BCUT2D eigenvalue weighted by Crippen LogP contribution is -2.36. The Labute approximate surface area is 173 Å². The Morgan fingerprint density at radius 1 is 1.07 bits per heavy atom. The third-order valence-corrected chi connectivity index (χ3v) is 5.92. The smallest absolute Gasteiger partial charge is 0.270 e. The maximum absolute atomic E-state index is 13.1. The third-order valence-electron chi connectivity index (χ3n) is 4.79. The van der Waals surface area contributed by atoms with Crippen LogP contribution in [0.5, 0.6) is 5.75 Å². The Bertz CT molecular complexity index is 968. The number of amides is 1. The first-order valence-corrected chi connectivity index (χ1v) is 10.2. The van der Waals surface area contributed by atoms with Gasteiger partial charge in [-0.05, 0) is 24.3 Å². The summed E-state index contributed by atoms with van der Waals surface area (Å²) in [6.45, 7) is 0.904. The number of nitrogens with zero attached hydrogens (tertiary/aromatic N) is 2.